The number of carbonyl (C=O) groups excluding carboxylic acids is 1. The van der Waals surface area contributed by atoms with Gasteiger partial charge in [0.15, 0.2) is 21.3 Å². The Kier molecular flexibility index (Phi) is 5.77. The highest BCUT2D eigenvalue weighted by atomic mass is 32.2. The van der Waals surface area contributed by atoms with Gasteiger partial charge in [-0.25, -0.2) is 8.42 Å². The third-order valence-electron chi connectivity index (χ3n) is 5.48. The van der Waals surface area contributed by atoms with E-state index in [1.807, 2.05) is 34.5 Å². The first kappa shape index (κ1) is 21.4. The second-order valence-electron chi connectivity index (χ2n) is 7.37. The first-order valence-corrected chi connectivity index (χ1v) is 12.5. The van der Waals surface area contributed by atoms with Crippen LogP contribution in [0.1, 0.15) is 32.4 Å². The summed E-state index contributed by atoms with van der Waals surface area (Å²) < 4.78 is 34.5. The van der Waals surface area contributed by atoms with Gasteiger partial charge < -0.3 is 14.4 Å². The van der Waals surface area contributed by atoms with E-state index in [0.717, 1.165) is 22.3 Å². The zero-order valence-electron chi connectivity index (χ0n) is 17.5. The molecule has 0 spiro atoms. The lowest BCUT2D eigenvalue weighted by molar-refractivity contribution is 0.0696. The fourth-order valence-electron chi connectivity index (χ4n) is 3.93. The number of nitrogens with zero attached hydrogens (tertiary/aromatic N) is 1. The Morgan fingerprint density at radius 3 is 2.32 bits per heavy atom. The molecular formula is C23H23NO5S2. The molecule has 8 heteroatoms. The SMILES string of the molecule is COc1cc2c(cc1OC)[C@H](c1cccs1)N(C(=O)c1ccc(S(C)(=O)=O)cc1)CC2. The van der Waals surface area contributed by atoms with Crippen LogP contribution in [0.25, 0.3) is 0 Å². The van der Waals surface area contributed by atoms with Gasteiger partial charge in [-0.05, 0) is 65.4 Å². The van der Waals surface area contributed by atoms with Crippen LogP contribution in [-0.2, 0) is 16.3 Å². The lowest BCUT2D eigenvalue weighted by Crippen LogP contribution is -2.40. The molecule has 2 heterocycles. The normalized spacial score (nSPS) is 16.0. The number of amides is 1. The number of rotatable bonds is 5. The molecule has 1 atom stereocenters. The molecule has 1 aromatic heterocycles. The molecule has 0 N–H and O–H groups in total. The third kappa shape index (κ3) is 4.05. The number of carbonyl (C=O) groups is 1. The van der Waals surface area contributed by atoms with Gasteiger partial charge >= 0.3 is 0 Å². The molecule has 6 nitrogen and oxygen atoms in total. The summed E-state index contributed by atoms with van der Waals surface area (Å²) in [4.78, 5) is 16.6. The van der Waals surface area contributed by atoms with E-state index in [1.165, 1.54) is 12.1 Å². The van der Waals surface area contributed by atoms with E-state index in [0.29, 0.717) is 30.0 Å². The van der Waals surface area contributed by atoms with Gasteiger partial charge in [0, 0.05) is 23.2 Å². The third-order valence-corrected chi connectivity index (χ3v) is 7.53. The van der Waals surface area contributed by atoms with E-state index in [2.05, 4.69) is 0 Å². The first-order valence-electron chi connectivity index (χ1n) is 9.72. The minimum absolute atomic E-state index is 0.140. The number of ether oxygens (including phenoxy) is 2. The van der Waals surface area contributed by atoms with Crippen molar-refractivity contribution in [2.24, 2.45) is 0 Å². The van der Waals surface area contributed by atoms with Gasteiger partial charge in [-0.15, -0.1) is 11.3 Å². The molecule has 0 fully saturated rings. The van der Waals surface area contributed by atoms with Crippen LogP contribution in [-0.4, -0.2) is 46.2 Å². The molecule has 0 aliphatic carbocycles. The van der Waals surface area contributed by atoms with Crippen LogP contribution in [0.4, 0.5) is 0 Å². The molecule has 1 amide bonds. The van der Waals surface area contributed by atoms with E-state index in [1.54, 1.807) is 37.7 Å². The number of fused-ring (bicyclic) bond motifs is 1. The molecule has 31 heavy (non-hydrogen) atoms. The summed E-state index contributed by atoms with van der Waals surface area (Å²) in [7, 11) is -0.112. The lowest BCUT2D eigenvalue weighted by Gasteiger charge is -2.37. The van der Waals surface area contributed by atoms with Crippen molar-refractivity contribution < 1.29 is 22.7 Å². The highest BCUT2D eigenvalue weighted by Crippen LogP contribution is 2.42. The van der Waals surface area contributed by atoms with Crippen LogP contribution in [0.15, 0.2) is 58.8 Å². The highest BCUT2D eigenvalue weighted by Gasteiger charge is 2.34. The lowest BCUT2D eigenvalue weighted by atomic mass is 9.90. The molecular weight excluding hydrogens is 434 g/mol. The van der Waals surface area contributed by atoms with Gasteiger partial charge in [-0.2, -0.15) is 0 Å². The minimum Gasteiger partial charge on any atom is -0.493 e. The molecule has 0 saturated heterocycles. The average Bonchev–Trinajstić information content (AvgIpc) is 3.30. The van der Waals surface area contributed by atoms with E-state index in [9.17, 15) is 13.2 Å². The molecule has 0 radical (unpaired) electrons. The Bertz CT molecular complexity index is 1200. The van der Waals surface area contributed by atoms with Crippen molar-refractivity contribution in [1.29, 1.82) is 0 Å². The van der Waals surface area contributed by atoms with Crippen LogP contribution >= 0.6 is 11.3 Å². The smallest absolute Gasteiger partial charge is 0.254 e. The van der Waals surface area contributed by atoms with Crippen molar-refractivity contribution in [2.75, 3.05) is 27.0 Å². The summed E-state index contributed by atoms with van der Waals surface area (Å²) in [5.74, 6) is 1.15. The predicted octanol–water partition coefficient (Wildman–Crippen LogP) is 3.96. The van der Waals surface area contributed by atoms with Crippen molar-refractivity contribution in [3.05, 3.63) is 75.5 Å². The summed E-state index contributed by atoms with van der Waals surface area (Å²) in [6, 6.07) is 13.8. The van der Waals surface area contributed by atoms with Gasteiger partial charge in [0.1, 0.15) is 0 Å². The molecule has 0 saturated carbocycles. The van der Waals surface area contributed by atoms with E-state index >= 15 is 0 Å². The Morgan fingerprint density at radius 2 is 1.74 bits per heavy atom. The highest BCUT2D eigenvalue weighted by molar-refractivity contribution is 7.90. The van der Waals surface area contributed by atoms with Gasteiger partial charge in [-0.1, -0.05) is 6.07 Å². The van der Waals surface area contributed by atoms with E-state index in [4.69, 9.17) is 9.47 Å². The molecule has 3 aromatic rings. The first-order chi connectivity index (χ1) is 14.8. The van der Waals surface area contributed by atoms with Crippen molar-refractivity contribution in [2.45, 2.75) is 17.4 Å². The quantitative estimate of drug-likeness (QED) is 0.580. The predicted molar refractivity (Wildman–Crippen MR) is 120 cm³/mol. The van der Waals surface area contributed by atoms with Gasteiger partial charge in [0.25, 0.3) is 5.91 Å². The number of hydrogen-bond acceptors (Lipinski definition) is 6. The zero-order chi connectivity index (χ0) is 22.2. The Morgan fingerprint density at radius 1 is 1.06 bits per heavy atom. The maximum Gasteiger partial charge on any atom is 0.254 e. The van der Waals surface area contributed by atoms with E-state index in [-0.39, 0.29) is 16.8 Å². The van der Waals surface area contributed by atoms with Crippen molar-refractivity contribution in [3.8, 4) is 11.5 Å². The van der Waals surface area contributed by atoms with Crippen molar-refractivity contribution >= 4 is 27.1 Å². The molecule has 1 aliphatic heterocycles. The number of hydrogen-bond donors (Lipinski definition) is 0. The van der Waals surface area contributed by atoms with Crippen molar-refractivity contribution in [3.63, 3.8) is 0 Å². The van der Waals surface area contributed by atoms with Gasteiger partial charge in [0.2, 0.25) is 0 Å². The second kappa shape index (κ2) is 8.36. The minimum atomic E-state index is -3.32. The number of thiophene rings is 1. The van der Waals surface area contributed by atoms with Crippen molar-refractivity contribution in [1.82, 2.24) is 4.90 Å². The molecule has 1 aliphatic rings. The van der Waals surface area contributed by atoms with Crippen LogP contribution in [0.2, 0.25) is 0 Å². The average molecular weight is 458 g/mol. The Labute approximate surface area is 186 Å². The molecule has 162 valence electrons. The van der Waals surface area contributed by atoms with Gasteiger partial charge in [0.05, 0.1) is 25.2 Å². The Balaban J connectivity index is 1.77. The number of benzene rings is 2. The van der Waals surface area contributed by atoms with Crippen LogP contribution in [0, 0.1) is 0 Å². The summed E-state index contributed by atoms with van der Waals surface area (Å²) >= 11 is 1.59. The van der Waals surface area contributed by atoms with Crippen LogP contribution in [0.5, 0.6) is 11.5 Å². The topological polar surface area (TPSA) is 72.9 Å². The maximum atomic E-state index is 13.5. The number of sulfone groups is 1. The summed E-state index contributed by atoms with van der Waals surface area (Å²) in [5.41, 5.74) is 2.58. The summed E-state index contributed by atoms with van der Waals surface area (Å²) in [6.45, 7) is 0.539. The largest absolute Gasteiger partial charge is 0.493 e. The molecule has 0 bridgehead atoms. The van der Waals surface area contributed by atoms with Crippen LogP contribution in [0.3, 0.4) is 0 Å². The molecule has 2 aromatic carbocycles. The Hall–Kier alpha value is -2.84. The monoisotopic (exact) mass is 457 g/mol. The molecule has 0 unspecified atom stereocenters. The molecule has 4 rings (SSSR count). The van der Waals surface area contributed by atoms with Gasteiger partial charge in [-0.3, -0.25) is 4.79 Å². The summed E-state index contributed by atoms with van der Waals surface area (Å²) in [5, 5.41) is 1.99. The zero-order valence-corrected chi connectivity index (χ0v) is 19.1. The standard InChI is InChI=1S/C23H23NO5S2/c1-28-19-13-16-10-11-24(23(25)15-6-8-17(9-7-15)31(3,26)27)22(21-5-4-12-30-21)18(16)14-20(19)29-2/h4-9,12-14,22H,10-11H2,1-3H3/t22-/m1/s1. The number of methoxy groups -OCH3 is 2. The van der Waals surface area contributed by atoms with Crippen LogP contribution < -0.4 is 9.47 Å². The van der Waals surface area contributed by atoms with E-state index < -0.39 is 9.84 Å². The maximum absolute atomic E-state index is 13.5. The fourth-order valence-corrected chi connectivity index (χ4v) is 5.41. The fraction of sp³-hybridized carbons (Fsp3) is 0.261. The second-order valence-corrected chi connectivity index (χ2v) is 10.4. The summed E-state index contributed by atoms with van der Waals surface area (Å²) in [6.07, 6.45) is 1.84.